The highest BCUT2D eigenvalue weighted by Gasteiger charge is 2.33. The maximum atomic E-state index is 13.8. The number of ether oxygens (including phenoxy) is 1. The molecule has 0 spiro atoms. The second-order valence-corrected chi connectivity index (χ2v) is 10.9. The van der Waals surface area contributed by atoms with E-state index in [1.165, 1.54) is 11.3 Å². The molecule has 0 radical (unpaired) electrons. The van der Waals surface area contributed by atoms with Crippen LogP contribution < -0.4 is 19.8 Å². The van der Waals surface area contributed by atoms with E-state index in [-0.39, 0.29) is 12.2 Å². The number of anilines is 1. The van der Waals surface area contributed by atoms with Crippen LogP contribution in [0.25, 0.3) is 17.4 Å². The van der Waals surface area contributed by atoms with Gasteiger partial charge in [0.05, 0.1) is 38.5 Å². The molecule has 0 fully saturated rings. The normalized spacial score (nSPS) is 15.2. The first-order chi connectivity index (χ1) is 18.7. The Hall–Kier alpha value is -3.59. The molecule has 0 aliphatic carbocycles. The molecule has 10 heteroatoms. The smallest absolute Gasteiger partial charge is 0.338 e. The number of fused-ring (bicyclic) bond motifs is 1. The quantitative estimate of drug-likeness (QED) is 0.284. The summed E-state index contributed by atoms with van der Waals surface area (Å²) in [6.07, 6.45) is 1.67. The van der Waals surface area contributed by atoms with Crippen molar-refractivity contribution in [3.63, 3.8) is 0 Å². The molecular weight excluding hydrogens is 557 g/mol. The number of benzene rings is 2. The van der Waals surface area contributed by atoms with E-state index in [1.54, 1.807) is 48.8 Å². The third-order valence-corrected chi connectivity index (χ3v) is 8.16. The number of aromatic nitrogens is 1. The van der Waals surface area contributed by atoms with E-state index in [0.29, 0.717) is 47.7 Å². The molecule has 0 bridgehead atoms. The van der Waals surface area contributed by atoms with Crippen LogP contribution in [-0.4, -0.2) is 31.2 Å². The Bertz CT molecular complexity index is 1780. The summed E-state index contributed by atoms with van der Waals surface area (Å²) in [5, 5.41) is 0.813. The fourth-order valence-corrected chi connectivity index (χ4v) is 5.88. The molecule has 0 N–H and O–H groups in total. The zero-order valence-electron chi connectivity index (χ0n) is 21.7. The van der Waals surface area contributed by atoms with Gasteiger partial charge in [-0.25, -0.2) is 9.79 Å². The number of nitrogens with zero attached hydrogens (tertiary/aromatic N) is 3. The minimum Gasteiger partial charge on any atom is -0.463 e. The molecule has 7 nitrogen and oxygen atoms in total. The lowest BCUT2D eigenvalue weighted by molar-refractivity contribution is -0.139. The predicted octanol–water partition coefficient (Wildman–Crippen LogP) is 5.43. The number of furan rings is 1. The summed E-state index contributed by atoms with van der Waals surface area (Å²) in [6, 6.07) is 15.9. The van der Waals surface area contributed by atoms with Crippen molar-refractivity contribution in [3.8, 4) is 11.3 Å². The number of carbonyl (C=O) groups is 1. The molecule has 1 aliphatic heterocycles. The Balaban J connectivity index is 1.63. The molecule has 5 rings (SSSR count). The molecule has 1 atom stereocenters. The number of allylic oxidation sites excluding steroid dienone is 1. The standard InChI is InChI=1S/C29H25Cl2N3O4S/c1-5-37-28(36)24-16(2)32-29-34(26(24)17-9-11-18(12-10-17)33(3)4)27(35)23(39-29)15-19-13-14-22(38-19)20-7-6-8-21(30)25(20)31/h6-15,26H,5H2,1-4H3/b23-15+/t26-/m1/s1. The van der Waals surface area contributed by atoms with Crippen LogP contribution in [-0.2, 0) is 9.53 Å². The Kier molecular flexibility index (Phi) is 7.53. The minimum absolute atomic E-state index is 0.212. The van der Waals surface area contributed by atoms with Gasteiger partial charge in [-0.05, 0) is 55.8 Å². The third-order valence-electron chi connectivity index (χ3n) is 6.36. The Labute approximate surface area is 238 Å². The van der Waals surface area contributed by atoms with Crippen molar-refractivity contribution in [2.75, 3.05) is 25.6 Å². The molecule has 0 unspecified atom stereocenters. The summed E-state index contributed by atoms with van der Waals surface area (Å²) in [5.74, 6) is 0.504. The number of rotatable bonds is 6. The van der Waals surface area contributed by atoms with Gasteiger partial charge in [0.1, 0.15) is 11.5 Å². The highest BCUT2D eigenvalue weighted by Crippen LogP contribution is 2.35. The molecule has 4 aromatic rings. The van der Waals surface area contributed by atoms with Gasteiger partial charge < -0.3 is 14.1 Å². The second kappa shape index (κ2) is 10.9. The second-order valence-electron chi connectivity index (χ2n) is 9.09. The zero-order valence-corrected chi connectivity index (χ0v) is 24.0. The molecule has 2 aromatic heterocycles. The van der Waals surface area contributed by atoms with Gasteiger partial charge in [0.25, 0.3) is 5.56 Å². The van der Waals surface area contributed by atoms with Gasteiger partial charge in [-0.15, -0.1) is 0 Å². The van der Waals surface area contributed by atoms with Crippen LogP contribution >= 0.6 is 34.5 Å². The topological polar surface area (TPSA) is 77.0 Å². The Morgan fingerprint density at radius 1 is 1.15 bits per heavy atom. The molecule has 200 valence electrons. The molecule has 0 saturated heterocycles. The zero-order chi connectivity index (χ0) is 27.8. The summed E-state index contributed by atoms with van der Waals surface area (Å²) in [6.45, 7) is 3.72. The molecule has 3 heterocycles. The first-order valence-corrected chi connectivity index (χ1v) is 13.8. The number of esters is 1. The average molecular weight is 583 g/mol. The van der Waals surface area contributed by atoms with E-state index in [2.05, 4.69) is 4.99 Å². The summed E-state index contributed by atoms with van der Waals surface area (Å²) in [7, 11) is 3.90. The van der Waals surface area contributed by atoms with Crippen molar-refractivity contribution in [1.29, 1.82) is 0 Å². The van der Waals surface area contributed by atoms with Crippen molar-refractivity contribution in [3.05, 3.63) is 107 Å². The van der Waals surface area contributed by atoms with E-state index >= 15 is 0 Å². The van der Waals surface area contributed by atoms with Gasteiger partial charge in [0.15, 0.2) is 4.80 Å². The fraction of sp³-hybridized carbons (Fsp3) is 0.207. The van der Waals surface area contributed by atoms with Crippen LogP contribution in [0.5, 0.6) is 0 Å². The molecule has 0 saturated carbocycles. The molecule has 39 heavy (non-hydrogen) atoms. The third kappa shape index (κ3) is 5.07. The highest BCUT2D eigenvalue weighted by atomic mass is 35.5. The number of halogens is 2. The Morgan fingerprint density at radius 3 is 2.59 bits per heavy atom. The van der Waals surface area contributed by atoms with Crippen LogP contribution in [0.15, 0.2) is 80.1 Å². The van der Waals surface area contributed by atoms with E-state index in [0.717, 1.165) is 11.3 Å². The fourth-order valence-electron chi connectivity index (χ4n) is 4.46. The van der Waals surface area contributed by atoms with Crippen LogP contribution in [0, 0.1) is 0 Å². The van der Waals surface area contributed by atoms with Crippen LogP contribution in [0.4, 0.5) is 5.69 Å². The van der Waals surface area contributed by atoms with Crippen LogP contribution in [0.2, 0.25) is 10.0 Å². The van der Waals surface area contributed by atoms with Gasteiger partial charge in [0.2, 0.25) is 0 Å². The van der Waals surface area contributed by atoms with Crippen molar-refractivity contribution in [2.24, 2.45) is 4.99 Å². The lowest BCUT2D eigenvalue weighted by Gasteiger charge is -2.25. The van der Waals surface area contributed by atoms with Gasteiger partial charge in [-0.1, -0.05) is 52.7 Å². The van der Waals surface area contributed by atoms with Gasteiger partial charge in [0, 0.05) is 31.4 Å². The Morgan fingerprint density at radius 2 is 1.90 bits per heavy atom. The van der Waals surface area contributed by atoms with Gasteiger partial charge in [-0.3, -0.25) is 9.36 Å². The van der Waals surface area contributed by atoms with E-state index < -0.39 is 12.0 Å². The summed E-state index contributed by atoms with van der Waals surface area (Å²) in [5.41, 5.74) is 3.00. The van der Waals surface area contributed by atoms with Gasteiger partial charge >= 0.3 is 5.97 Å². The summed E-state index contributed by atoms with van der Waals surface area (Å²) < 4.78 is 13.3. The first-order valence-electron chi connectivity index (χ1n) is 12.2. The highest BCUT2D eigenvalue weighted by molar-refractivity contribution is 7.07. The number of thiazole rings is 1. The number of hydrogen-bond donors (Lipinski definition) is 0. The lowest BCUT2D eigenvalue weighted by Crippen LogP contribution is -2.39. The van der Waals surface area contributed by atoms with Crippen molar-refractivity contribution in [1.82, 2.24) is 4.57 Å². The summed E-state index contributed by atoms with van der Waals surface area (Å²) in [4.78, 5) is 34.0. The van der Waals surface area contributed by atoms with E-state index in [1.807, 2.05) is 49.3 Å². The minimum atomic E-state index is -0.684. The maximum absolute atomic E-state index is 13.8. The monoisotopic (exact) mass is 581 g/mol. The molecule has 2 aromatic carbocycles. The first kappa shape index (κ1) is 27.0. The van der Waals surface area contributed by atoms with E-state index in [9.17, 15) is 9.59 Å². The maximum Gasteiger partial charge on any atom is 0.338 e. The van der Waals surface area contributed by atoms with Gasteiger partial charge in [-0.2, -0.15) is 0 Å². The van der Waals surface area contributed by atoms with Crippen molar-refractivity contribution < 1.29 is 13.9 Å². The average Bonchev–Trinajstić information content (AvgIpc) is 3.49. The summed E-state index contributed by atoms with van der Waals surface area (Å²) >= 11 is 13.7. The molecular formula is C29H25Cl2N3O4S. The van der Waals surface area contributed by atoms with E-state index in [4.69, 9.17) is 32.4 Å². The predicted molar refractivity (Wildman–Crippen MR) is 155 cm³/mol. The van der Waals surface area contributed by atoms with Crippen LogP contribution in [0.3, 0.4) is 0 Å². The SMILES string of the molecule is CCOC(=O)C1=C(C)N=c2s/c(=C/c3ccc(-c4cccc(Cl)c4Cl)o3)c(=O)n2[C@@H]1c1ccc(N(C)C)cc1. The van der Waals surface area contributed by atoms with Crippen molar-refractivity contribution in [2.45, 2.75) is 19.9 Å². The molecule has 1 aliphatic rings. The lowest BCUT2D eigenvalue weighted by atomic mass is 9.95. The number of hydrogen-bond acceptors (Lipinski definition) is 7. The largest absolute Gasteiger partial charge is 0.463 e. The van der Waals surface area contributed by atoms with Crippen LogP contribution in [0.1, 0.15) is 31.2 Å². The van der Waals surface area contributed by atoms with Crippen molar-refractivity contribution >= 4 is 52.3 Å². The molecule has 0 amide bonds. The number of carbonyl (C=O) groups excluding carboxylic acids is 1.